The third kappa shape index (κ3) is 2.97. The molecule has 0 bridgehead atoms. The van der Waals surface area contributed by atoms with Crippen LogP contribution in [-0.4, -0.2) is 12.6 Å². The van der Waals surface area contributed by atoms with Crippen molar-refractivity contribution in [2.45, 2.75) is 31.5 Å². The Morgan fingerprint density at radius 2 is 2.06 bits per heavy atom. The molecule has 0 amide bonds. The number of hydrogen-bond acceptors (Lipinski definition) is 1. The van der Waals surface area contributed by atoms with Crippen LogP contribution in [-0.2, 0) is 12.6 Å². The first-order chi connectivity index (χ1) is 7.97. The molecule has 0 radical (unpaired) electrons. The molecule has 1 aliphatic rings. The average Bonchev–Trinajstić information content (AvgIpc) is 2.68. The fourth-order valence-corrected chi connectivity index (χ4v) is 2.13. The summed E-state index contributed by atoms with van der Waals surface area (Å²) in [4.78, 5) is 0. The van der Waals surface area contributed by atoms with Crippen LogP contribution in [0.1, 0.15) is 24.0 Å². The number of nitrogens with one attached hydrogen (secondary N) is 1. The standard InChI is InChI=1S/C12H13F4N/c13-11-7-8(6-9-2-1-5-17-9)3-4-10(11)12(14,15)16/h3-4,7,9,17H,1-2,5-6H2. The molecule has 1 N–H and O–H groups in total. The van der Waals surface area contributed by atoms with Gasteiger partial charge in [-0.05, 0) is 43.5 Å². The van der Waals surface area contributed by atoms with Crippen molar-refractivity contribution in [3.63, 3.8) is 0 Å². The van der Waals surface area contributed by atoms with Gasteiger partial charge in [0.15, 0.2) is 0 Å². The second kappa shape index (κ2) is 4.64. The van der Waals surface area contributed by atoms with Crippen LogP contribution in [0.2, 0.25) is 0 Å². The molecule has 17 heavy (non-hydrogen) atoms. The van der Waals surface area contributed by atoms with Crippen molar-refractivity contribution in [3.8, 4) is 0 Å². The lowest BCUT2D eigenvalue weighted by Crippen LogP contribution is -2.23. The van der Waals surface area contributed by atoms with E-state index in [0.717, 1.165) is 31.5 Å². The van der Waals surface area contributed by atoms with Crippen molar-refractivity contribution >= 4 is 0 Å². The zero-order valence-electron chi connectivity index (χ0n) is 9.15. The molecule has 0 spiro atoms. The molecule has 1 aliphatic heterocycles. The molecule has 0 saturated carbocycles. The summed E-state index contributed by atoms with van der Waals surface area (Å²) in [7, 11) is 0. The molecule has 1 saturated heterocycles. The zero-order chi connectivity index (χ0) is 12.5. The van der Waals surface area contributed by atoms with Gasteiger partial charge < -0.3 is 5.32 Å². The van der Waals surface area contributed by atoms with E-state index in [4.69, 9.17) is 0 Å². The molecule has 1 heterocycles. The fourth-order valence-electron chi connectivity index (χ4n) is 2.13. The smallest absolute Gasteiger partial charge is 0.314 e. The van der Waals surface area contributed by atoms with E-state index >= 15 is 0 Å². The van der Waals surface area contributed by atoms with Crippen LogP contribution in [0.4, 0.5) is 17.6 Å². The average molecular weight is 247 g/mol. The van der Waals surface area contributed by atoms with Crippen molar-refractivity contribution in [2.75, 3.05) is 6.54 Å². The van der Waals surface area contributed by atoms with Crippen LogP contribution in [0.3, 0.4) is 0 Å². The van der Waals surface area contributed by atoms with Crippen LogP contribution >= 0.6 is 0 Å². The normalized spacial score (nSPS) is 20.8. The fraction of sp³-hybridized carbons (Fsp3) is 0.500. The molecule has 0 aromatic heterocycles. The maximum atomic E-state index is 13.3. The Morgan fingerprint density at radius 1 is 1.29 bits per heavy atom. The van der Waals surface area contributed by atoms with Gasteiger partial charge in [0.1, 0.15) is 5.82 Å². The summed E-state index contributed by atoms with van der Waals surface area (Å²) in [5.74, 6) is -1.19. The maximum Gasteiger partial charge on any atom is 0.419 e. The molecule has 2 rings (SSSR count). The summed E-state index contributed by atoms with van der Waals surface area (Å²) in [5.41, 5.74) is -0.587. The van der Waals surface area contributed by atoms with Gasteiger partial charge in [-0.1, -0.05) is 6.07 Å². The van der Waals surface area contributed by atoms with Gasteiger partial charge in [0.25, 0.3) is 0 Å². The summed E-state index contributed by atoms with van der Waals surface area (Å²) in [6.45, 7) is 0.924. The molecule has 1 fully saturated rings. The number of rotatable bonds is 2. The van der Waals surface area contributed by atoms with Crippen molar-refractivity contribution in [1.82, 2.24) is 5.32 Å². The summed E-state index contributed by atoms with van der Waals surface area (Å²) < 4.78 is 50.3. The SMILES string of the molecule is Fc1cc(CC2CCCN2)ccc1C(F)(F)F. The third-order valence-electron chi connectivity index (χ3n) is 2.98. The molecule has 5 heteroatoms. The van der Waals surface area contributed by atoms with E-state index < -0.39 is 17.6 Å². The molecule has 1 atom stereocenters. The van der Waals surface area contributed by atoms with Gasteiger partial charge in [0.2, 0.25) is 0 Å². The Bertz CT molecular complexity index is 394. The molecule has 1 aromatic rings. The van der Waals surface area contributed by atoms with E-state index in [0.29, 0.717) is 12.0 Å². The van der Waals surface area contributed by atoms with Gasteiger partial charge >= 0.3 is 6.18 Å². The highest BCUT2D eigenvalue weighted by Crippen LogP contribution is 2.31. The topological polar surface area (TPSA) is 12.0 Å². The van der Waals surface area contributed by atoms with E-state index in [-0.39, 0.29) is 6.04 Å². The van der Waals surface area contributed by atoms with E-state index in [1.54, 1.807) is 0 Å². The highest BCUT2D eigenvalue weighted by Gasteiger charge is 2.33. The molecule has 94 valence electrons. The van der Waals surface area contributed by atoms with Gasteiger partial charge in [-0.2, -0.15) is 13.2 Å². The number of alkyl halides is 3. The quantitative estimate of drug-likeness (QED) is 0.792. The highest BCUT2D eigenvalue weighted by molar-refractivity contribution is 5.27. The van der Waals surface area contributed by atoms with Crippen LogP contribution in [0, 0.1) is 5.82 Å². The van der Waals surface area contributed by atoms with Gasteiger partial charge in [-0.15, -0.1) is 0 Å². The van der Waals surface area contributed by atoms with Crippen molar-refractivity contribution in [2.24, 2.45) is 0 Å². The van der Waals surface area contributed by atoms with E-state index in [1.165, 1.54) is 6.07 Å². The second-order valence-electron chi connectivity index (χ2n) is 4.31. The molecular weight excluding hydrogens is 234 g/mol. The summed E-state index contributed by atoms with van der Waals surface area (Å²) >= 11 is 0. The van der Waals surface area contributed by atoms with Crippen LogP contribution < -0.4 is 5.32 Å². The van der Waals surface area contributed by atoms with E-state index in [9.17, 15) is 17.6 Å². The third-order valence-corrected chi connectivity index (χ3v) is 2.98. The Labute approximate surface area is 96.8 Å². The summed E-state index contributed by atoms with van der Waals surface area (Å²) in [6, 6.07) is 3.42. The van der Waals surface area contributed by atoms with Gasteiger partial charge in [0, 0.05) is 6.04 Å². The van der Waals surface area contributed by atoms with Crippen molar-refractivity contribution < 1.29 is 17.6 Å². The Morgan fingerprint density at radius 3 is 2.59 bits per heavy atom. The lowest BCUT2D eigenvalue weighted by atomic mass is 10.0. The lowest BCUT2D eigenvalue weighted by molar-refractivity contribution is -0.140. The molecule has 0 aliphatic carbocycles. The minimum Gasteiger partial charge on any atom is -0.314 e. The number of hydrogen-bond donors (Lipinski definition) is 1. The first-order valence-corrected chi connectivity index (χ1v) is 5.56. The van der Waals surface area contributed by atoms with Crippen LogP contribution in [0.5, 0.6) is 0 Å². The zero-order valence-corrected chi connectivity index (χ0v) is 9.15. The van der Waals surface area contributed by atoms with Crippen molar-refractivity contribution in [3.05, 3.63) is 35.1 Å². The predicted molar refractivity (Wildman–Crippen MR) is 56.1 cm³/mol. The van der Waals surface area contributed by atoms with Gasteiger partial charge in [-0.25, -0.2) is 4.39 Å². The first-order valence-electron chi connectivity index (χ1n) is 5.56. The molecule has 1 unspecified atom stereocenters. The van der Waals surface area contributed by atoms with Crippen molar-refractivity contribution in [1.29, 1.82) is 0 Å². The maximum absolute atomic E-state index is 13.3. The largest absolute Gasteiger partial charge is 0.419 e. The van der Waals surface area contributed by atoms with Crippen LogP contribution in [0.25, 0.3) is 0 Å². The molecular formula is C12H13F4N. The summed E-state index contributed by atoms with van der Waals surface area (Å²) in [5, 5.41) is 3.22. The minimum atomic E-state index is -4.62. The Kier molecular flexibility index (Phi) is 3.38. The lowest BCUT2D eigenvalue weighted by Gasteiger charge is -2.12. The Hall–Kier alpha value is -1.10. The molecule has 1 nitrogen and oxygen atoms in total. The van der Waals surface area contributed by atoms with Gasteiger partial charge in [-0.3, -0.25) is 0 Å². The highest BCUT2D eigenvalue weighted by atomic mass is 19.4. The van der Waals surface area contributed by atoms with E-state index in [1.807, 2.05) is 0 Å². The number of halogens is 4. The van der Waals surface area contributed by atoms with Gasteiger partial charge in [0.05, 0.1) is 5.56 Å². The summed E-state index contributed by atoms with van der Waals surface area (Å²) in [6.07, 6.45) is -1.99. The van der Waals surface area contributed by atoms with E-state index in [2.05, 4.69) is 5.32 Å². The number of benzene rings is 1. The second-order valence-corrected chi connectivity index (χ2v) is 4.31. The molecule has 1 aromatic carbocycles. The predicted octanol–water partition coefficient (Wildman–Crippen LogP) is 3.14. The van der Waals surface area contributed by atoms with Crippen LogP contribution in [0.15, 0.2) is 18.2 Å². The monoisotopic (exact) mass is 247 g/mol. The minimum absolute atomic E-state index is 0.256. The Balaban J connectivity index is 2.13. The first kappa shape index (κ1) is 12.4.